The number of rotatable bonds is 6. The second-order valence-electron chi connectivity index (χ2n) is 3.76. The molecule has 2 heterocycles. The Bertz CT molecular complexity index is 569. The molecule has 0 aliphatic rings. The lowest BCUT2D eigenvalue weighted by molar-refractivity contribution is 0.0684. The molecule has 0 fully saturated rings. The Kier molecular flexibility index (Phi) is 4.01. The number of pyridine rings is 1. The Hall–Kier alpha value is -2.51. The first kappa shape index (κ1) is 12.9. The van der Waals surface area contributed by atoms with Gasteiger partial charge in [-0.25, -0.2) is 14.5 Å². The monoisotopic (exact) mass is 263 g/mol. The van der Waals surface area contributed by atoms with Crippen molar-refractivity contribution >= 4 is 5.97 Å². The van der Waals surface area contributed by atoms with E-state index in [0.29, 0.717) is 12.4 Å². The normalized spacial score (nSPS) is 10.4. The van der Waals surface area contributed by atoms with Crippen LogP contribution in [0.3, 0.4) is 0 Å². The Morgan fingerprint density at radius 3 is 3.11 bits per heavy atom. The topological polar surface area (TPSA) is 103 Å². The van der Waals surface area contributed by atoms with Crippen LogP contribution in [0, 0.1) is 0 Å². The SMILES string of the molecule is CCCn1nnnc1COc1cccnc1C(=O)O. The van der Waals surface area contributed by atoms with E-state index < -0.39 is 5.97 Å². The largest absolute Gasteiger partial charge is 0.483 e. The summed E-state index contributed by atoms with van der Waals surface area (Å²) in [4.78, 5) is 14.7. The Labute approximate surface area is 109 Å². The van der Waals surface area contributed by atoms with Crippen molar-refractivity contribution in [2.75, 3.05) is 0 Å². The maximum absolute atomic E-state index is 11.0. The van der Waals surface area contributed by atoms with Crippen LogP contribution in [0.5, 0.6) is 5.75 Å². The van der Waals surface area contributed by atoms with E-state index in [0.717, 1.165) is 6.42 Å². The molecule has 19 heavy (non-hydrogen) atoms. The van der Waals surface area contributed by atoms with Crippen molar-refractivity contribution in [1.82, 2.24) is 25.2 Å². The highest BCUT2D eigenvalue weighted by Crippen LogP contribution is 2.16. The zero-order chi connectivity index (χ0) is 13.7. The van der Waals surface area contributed by atoms with Crippen LogP contribution in [0.2, 0.25) is 0 Å². The maximum atomic E-state index is 11.0. The summed E-state index contributed by atoms with van der Waals surface area (Å²) in [7, 11) is 0. The van der Waals surface area contributed by atoms with E-state index in [-0.39, 0.29) is 18.1 Å². The van der Waals surface area contributed by atoms with Gasteiger partial charge in [-0.3, -0.25) is 0 Å². The third-order valence-electron chi connectivity index (χ3n) is 2.37. The molecular weight excluding hydrogens is 250 g/mol. The molecule has 0 amide bonds. The van der Waals surface area contributed by atoms with Crippen molar-refractivity contribution in [3.05, 3.63) is 29.8 Å². The van der Waals surface area contributed by atoms with Crippen molar-refractivity contribution < 1.29 is 14.6 Å². The predicted molar refractivity (Wildman–Crippen MR) is 63.6 cm³/mol. The maximum Gasteiger partial charge on any atom is 0.358 e. The lowest BCUT2D eigenvalue weighted by atomic mass is 10.3. The third kappa shape index (κ3) is 3.03. The van der Waals surface area contributed by atoms with Gasteiger partial charge in [0.05, 0.1) is 0 Å². The number of carboxylic acid groups (broad SMARTS) is 1. The van der Waals surface area contributed by atoms with Crippen molar-refractivity contribution in [2.45, 2.75) is 26.5 Å². The number of carbonyl (C=O) groups is 1. The van der Waals surface area contributed by atoms with E-state index >= 15 is 0 Å². The van der Waals surface area contributed by atoms with Gasteiger partial charge in [0.2, 0.25) is 0 Å². The number of carboxylic acids is 1. The molecule has 2 rings (SSSR count). The number of tetrazole rings is 1. The number of ether oxygens (including phenoxy) is 1. The first-order valence-electron chi connectivity index (χ1n) is 5.78. The van der Waals surface area contributed by atoms with Gasteiger partial charge in [0.15, 0.2) is 17.3 Å². The first-order valence-corrected chi connectivity index (χ1v) is 5.78. The van der Waals surface area contributed by atoms with Crippen LogP contribution in [0.4, 0.5) is 0 Å². The van der Waals surface area contributed by atoms with E-state index in [1.165, 1.54) is 6.20 Å². The van der Waals surface area contributed by atoms with Crippen LogP contribution < -0.4 is 4.74 Å². The van der Waals surface area contributed by atoms with Crippen LogP contribution >= 0.6 is 0 Å². The average molecular weight is 263 g/mol. The lowest BCUT2D eigenvalue weighted by Gasteiger charge is -2.07. The van der Waals surface area contributed by atoms with Crippen LogP contribution in [0.25, 0.3) is 0 Å². The number of aromatic carboxylic acids is 1. The summed E-state index contributed by atoms with van der Waals surface area (Å²) >= 11 is 0. The summed E-state index contributed by atoms with van der Waals surface area (Å²) in [5.74, 6) is -0.396. The number of hydrogen-bond donors (Lipinski definition) is 1. The minimum absolute atomic E-state index is 0.0962. The van der Waals surface area contributed by atoms with Gasteiger partial charge < -0.3 is 9.84 Å². The molecule has 2 aromatic rings. The highest BCUT2D eigenvalue weighted by molar-refractivity contribution is 5.88. The molecule has 0 unspecified atom stereocenters. The molecule has 0 saturated carbocycles. The molecule has 100 valence electrons. The summed E-state index contributed by atoms with van der Waals surface area (Å²) < 4.78 is 7.04. The number of hydrogen-bond acceptors (Lipinski definition) is 6. The fourth-order valence-corrected chi connectivity index (χ4v) is 1.52. The van der Waals surface area contributed by atoms with Crippen molar-refractivity contribution in [3.8, 4) is 5.75 Å². The molecule has 0 aromatic carbocycles. The quantitative estimate of drug-likeness (QED) is 0.820. The molecule has 0 aliphatic carbocycles. The molecule has 8 heteroatoms. The van der Waals surface area contributed by atoms with E-state index in [9.17, 15) is 4.79 Å². The first-order chi connectivity index (χ1) is 9.22. The van der Waals surface area contributed by atoms with Gasteiger partial charge in [0.1, 0.15) is 6.61 Å². The summed E-state index contributed by atoms with van der Waals surface area (Å²) in [6.45, 7) is 2.79. The predicted octanol–water partition coefficient (Wildman–Crippen LogP) is 0.755. The molecule has 0 aliphatic heterocycles. The van der Waals surface area contributed by atoms with Crippen molar-refractivity contribution in [2.24, 2.45) is 0 Å². The Balaban J connectivity index is 2.10. The van der Waals surface area contributed by atoms with E-state index in [1.807, 2.05) is 6.92 Å². The second kappa shape index (κ2) is 5.89. The molecular formula is C11H13N5O3. The number of aromatic nitrogens is 5. The van der Waals surface area contributed by atoms with Gasteiger partial charge in [-0.1, -0.05) is 6.92 Å². The summed E-state index contributed by atoms with van der Waals surface area (Å²) in [5.41, 5.74) is -0.128. The highest BCUT2D eigenvalue weighted by Gasteiger charge is 2.13. The third-order valence-corrected chi connectivity index (χ3v) is 2.37. The van der Waals surface area contributed by atoms with Gasteiger partial charge >= 0.3 is 5.97 Å². The van der Waals surface area contributed by atoms with Gasteiger partial charge in [-0.15, -0.1) is 5.10 Å². The Morgan fingerprint density at radius 2 is 2.37 bits per heavy atom. The van der Waals surface area contributed by atoms with Gasteiger partial charge in [-0.05, 0) is 29.0 Å². The second-order valence-corrected chi connectivity index (χ2v) is 3.76. The van der Waals surface area contributed by atoms with Crippen molar-refractivity contribution in [1.29, 1.82) is 0 Å². The molecule has 0 atom stereocenters. The minimum Gasteiger partial charge on any atom is -0.483 e. The highest BCUT2D eigenvalue weighted by atomic mass is 16.5. The fourth-order valence-electron chi connectivity index (χ4n) is 1.52. The van der Waals surface area contributed by atoms with Crippen LogP contribution in [0.15, 0.2) is 18.3 Å². The molecule has 1 N–H and O–H groups in total. The molecule has 0 saturated heterocycles. The van der Waals surface area contributed by atoms with E-state index in [4.69, 9.17) is 9.84 Å². The number of nitrogens with zero attached hydrogens (tertiary/aromatic N) is 5. The molecule has 2 aromatic heterocycles. The fraction of sp³-hybridized carbons (Fsp3) is 0.364. The molecule has 0 bridgehead atoms. The summed E-state index contributed by atoms with van der Waals surface area (Å²) in [5, 5.41) is 20.2. The lowest BCUT2D eigenvalue weighted by Crippen LogP contribution is -2.10. The standard InChI is InChI=1S/C11H13N5O3/c1-2-6-16-9(13-14-15-16)7-19-8-4-3-5-12-10(8)11(17)18/h3-5H,2,6-7H2,1H3,(H,17,18). The van der Waals surface area contributed by atoms with E-state index in [2.05, 4.69) is 20.5 Å². The molecule has 8 nitrogen and oxygen atoms in total. The van der Waals surface area contributed by atoms with Gasteiger partial charge in [0, 0.05) is 12.7 Å². The van der Waals surface area contributed by atoms with Crippen LogP contribution in [-0.4, -0.2) is 36.3 Å². The van der Waals surface area contributed by atoms with Crippen molar-refractivity contribution in [3.63, 3.8) is 0 Å². The number of aryl methyl sites for hydroxylation is 1. The zero-order valence-electron chi connectivity index (χ0n) is 10.4. The zero-order valence-corrected chi connectivity index (χ0v) is 10.4. The van der Waals surface area contributed by atoms with Gasteiger partial charge in [0.25, 0.3) is 0 Å². The minimum atomic E-state index is -1.14. The van der Waals surface area contributed by atoms with Gasteiger partial charge in [-0.2, -0.15) is 0 Å². The van der Waals surface area contributed by atoms with Crippen LogP contribution in [-0.2, 0) is 13.2 Å². The van der Waals surface area contributed by atoms with E-state index in [1.54, 1.807) is 16.8 Å². The smallest absolute Gasteiger partial charge is 0.358 e. The van der Waals surface area contributed by atoms with Crippen LogP contribution in [0.1, 0.15) is 29.7 Å². The summed E-state index contributed by atoms with van der Waals surface area (Å²) in [6, 6.07) is 3.15. The molecule has 0 spiro atoms. The average Bonchev–Trinajstić information content (AvgIpc) is 2.84. The molecule has 0 radical (unpaired) electrons. The Morgan fingerprint density at radius 1 is 1.53 bits per heavy atom. The summed E-state index contributed by atoms with van der Waals surface area (Å²) in [6.07, 6.45) is 2.29.